The number of thiophene rings is 1. The molecule has 1 heterocycles. The topological polar surface area (TPSA) is 95.5 Å². The third-order valence-electron chi connectivity index (χ3n) is 4.88. The third kappa shape index (κ3) is 5.19. The van der Waals surface area contributed by atoms with Crippen LogP contribution < -0.4 is 10.6 Å². The average Bonchev–Trinajstić information content (AvgIpc) is 3.17. The number of hydrogen-bond acceptors (Lipinski definition) is 4. The lowest BCUT2D eigenvalue weighted by Crippen LogP contribution is -2.17. The van der Waals surface area contributed by atoms with Gasteiger partial charge >= 0.3 is 5.97 Å². The van der Waals surface area contributed by atoms with E-state index < -0.39 is 11.9 Å². The summed E-state index contributed by atoms with van der Waals surface area (Å²) in [5.74, 6) is -1.80. The Morgan fingerprint density at radius 1 is 0.871 bits per heavy atom. The van der Waals surface area contributed by atoms with Gasteiger partial charge in [0.05, 0.1) is 11.1 Å². The number of aryl methyl sites for hydroxylation is 1. The number of aromatic carboxylic acids is 1. The third-order valence-corrected chi connectivity index (χ3v) is 5.71. The molecule has 1 aromatic heterocycles. The van der Waals surface area contributed by atoms with Crippen LogP contribution in [-0.4, -0.2) is 22.9 Å². The molecule has 0 fully saturated rings. The molecule has 0 unspecified atom stereocenters. The summed E-state index contributed by atoms with van der Waals surface area (Å²) in [6.45, 7) is 8.00. The fourth-order valence-electron chi connectivity index (χ4n) is 3.01. The molecule has 3 aromatic rings. The number of carbonyl (C=O) groups is 3. The highest BCUT2D eigenvalue weighted by atomic mass is 32.1. The zero-order valence-corrected chi connectivity index (χ0v) is 18.6. The summed E-state index contributed by atoms with van der Waals surface area (Å²) in [4.78, 5) is 36.7. The number of carbonyl (C=O) groups excluding carboxylic acids is 2. The Balaban J connectivity index is 1.75. The first-order valence-corrected chi connectivity index (χ1v) is 10.6. The molecule has 160 valence electrons. The molecule has 3 rings (SSSR count). The maximum absolute atomic E-state index is 12.7. The fraction of sp³-hybridized carbons (Fsp3) is 0.208. The zero-order chi connectivity index (χ0) is 22.8. The van der Waals surface area contributed by atoms with Crippen LogP contribution in [-0.2, 0) is 5.41 Å². The van der Waals surface area contributed by atoms with Crippen LogP contribution in [0.25, 0.3) is 0 Å². The Labute approximate surface area is 184 Å². The van der Waals surface area contributed by atoms with Gasteiger partial charge in [0.1, 0.15) is 5.00 Å². The van der Waals surface area contributed by atoms with Gasteiger partial charge in [0.2, 0.25) is 0 Å². The first kappa shape index (κ1) is 22.2. The molecule has 3 N–H and O–H groups in total. The molecule has 0 aliphatic heterocycles. The Morgan fingerprint density at radius 3 is 2.16 bits per heavy atom. The average molecular weight is 437 g/mol. The van der Waals surface area contributed by atoms with E-state index in [0.717, 1.165) is 5.56 Å². The zero-order valence-electron chi connectivity index (χ0n) is 17.8. The van der Waals surface area contributed by atoms with Gasteiger partial charge in [-0.15, -0.1) is 11.3 Å². The van der Waals surface area contributed by atoms with Gasteiger partial charge < -0.3 is 15.7 Å². The smallest absolute Gasteiger partial charge is 0.336 e. The van der Waals surface area contributed by atoms with E-state index in [0.29, 0.717) is 27.4 Å². The summed E-state index contributed by atoms with van der Waals surface area (Å²) in [7, 11) is 0. The number of benzene rings is 2. The highest BCUT2D eigenvalue weighted by Crippen LogP contribution is 2.26. The molecule has 0 aliphatic rings. The van der Waals surface area contributed by atoms with Gasteiger partial charge in [0.25, 0.3) is 11.8 Å². The quantitative estimate of drug-likeness (QED) is 0.488. The normalized spacial score (nSPS) is 11.1. The van der Waals surface area contributed by atoms with Gasteiger partial charge in [-0.1, -0.05) is 39.0 Å². The van der Waals surface area contributed by atoms with Crippen molar-refractivity contribution in [2.24, 2.45) is 0 Å². The number of carboxylic acid groups (broad SMARTS) is 1. The molecular formula is C24H24N2O4S. The number of nitrogens with one attached hydrogen (secondary N) is 2. The molecule has 0 saturated carbocycles. The maximum atomic E-state index is 12.7. The lowest BCUT2D eigenvalue weighted by Gasteiger charge is -2.19. The summed E-state index contributed by atoms with van der Waals surface area (Å²) in [6, 6.07) is 13.7. The van der Waals surface area contributed by atoms with Crippen LogP contribution in [0.5, 0.6) is 0 Å². The summed E-state index contributed by atoms with van der Waals surface area (Å²) in [6.07, 6.45) is 0. The Bertz CT molecular complexity index is 1140. The number of hydrogen-bond donors (Lipinski definition) is 3. The van der Waals surface area contributed by atoms with Gasteiger partial charge in [-0.2, -0.15) is 0 Å². The summed E-state index contributed by atoms with van der Waals surface area (Å²) in [5, 5.41) is 16.9. The van der Waals surface area contributed by atoms with Crippen LogP contribution in [0.3, 0.4) is 0 Å². The van der Waals surface area contributed by atoms with Crippen LogP contribution in [0, 0.1) is 6.92 Å². The highest BCUT2D eigenvalue weighted by molar-refractivity contribution is 7.14. The minimum Gasteiger partial charge on any atom is -0.478 e. The molecule has 0 saturated heterocycles. The highest BCUT2D eigenvalue weighted by Gasteiger charge is 2.18. The molecule has 0 spiro atoms. The van der Waals surface area contributed by atoms with Crippen LogP contribution in [0.1, 0.15) is 63.0 Å². The van der Waals surface area contributed by atoms with Crippen molar-refractivity contribution in [3.63, 3.8) is 0 Å². The first-order valence-electron chi connectivity index (χ1n) is 9.71. The van der Waals surface area contributed by atoms with Crippen molar-refractivity contribution in [1.29, 1.82) is 0 Å². The molecular weight excluding hydrogens is 412 g/mol. The first-order chi connectivity index (χ1) is 14.6. The lowest BCUT2D eigenvalue weighted by atomic mass is 9.87. The van der Waals surface area contributed by atoms with E-state index >= 15 is 0 Å². The SMILES string of the molecule is Cc1ccc(NC(=O)c2ccsc2NC(=O)c2ccc(C(C)(C)C)cc2)cc1C(=O)O. The van der Waals surface area contributed by atoms with Gasteiger partial charge in [-0.3, -0.25) is 9.59 Å². The van der Waals surface area contributed by atoms with Crippen molar-refractivity contribution in [1.82, 2.24) is 0 Å². The van der Waals surface area contributed by atoms with E-state index in [2.05, 4.69) is 31.4 Å². The molecule has 2 aromatic carbocycles. The van der Waals surface area contributed by atoms with Crippen molar-refractivity contribution in [2.45, 2.75) is 33.1 Å². The second-order valence-electron chi connectivity index (χ2n) is 8.23. The number of rotatable bonds is 5. The van der Waals surface area contributed by atoms with Crippen LogP contribution in [0.15, 0.2) is 53.9 Å². The molecule has 6 nitrogen and oxygen atoms in total. The van der Waals surface area contributed by atoms with E-state index in [-0.39, 0.29) is 16.9 Å². The van der Waals surface area contributed by atoms with Crippen molar-refractivity contribution in [2.75, 3.05) is 10.6 Å². The van der Waals surface area contributed by atoms with Crippen molar-refractivity contribution in [3.05, 3.63) is 81.7 Å². The Morgan fingerprint density at radius 2 is 1.55 bits per heavy atom. The predicted molar refractivity (Wildman–Crippen MR) is 124 cm³/mol. The molecule has 2 amide bonds. The molecule has 0 atom stereocenters. The second-order valence-corrected chi connectivity index (χ2v) is 9.15. The Kier molecular flexibility index (Phi) is 6.27. The van der Waals surface area contributed by atoms with Crippen LogP contribution >= 0.6 is 11.3 Å². The molecule has 0 radical (unpaired) electrons. The van der Waals surface area contributed by atoms with Crippen molar-refractivity contribution in [3.8, 4) is 0 Å². The maximum Gasteiger partial charge on any atom is 0.336 e. The van der Waals surface area contributed by atoms with Crippen LogP contribution in [0.2, 0.25) is 0 Å². The van der Waals surface area contributed by atoms with Gasteiger partial charge in [-0.25, -0.2) is 4.79 Å². The van der Waals surface area contributed by atoms with Gasteiger partial charge in [0.15, 0.2) is 0 Å². The lowest BCUT2D eigenvalue weighted by molar-refractivity contribution is 0.0695. The van der Waals surface area contributed by atoms with E-state index in [1.54, 1.807) is 42.6 Å². The monoisotopic (exact) mass is 436 g/mol. The molecule has 0 bridgehead atoms. The predicted octanol–water partition coefficient (Wildman–Crippen LogP) is 5.56. The molecule has 7 heteroatoms. The second kappa shape index (κ2) is 8.73. The molecule has 0 aliphatic carbocycles. The summed E-state index contributed by atoms with van der Waals surface area (Å²) < 4.78 is 0. The van der Waals surface area contributed by atoms with Crippen LogP contribution in [0.4, 0.5) is 10.7 Å². The van der Waals surface area contributed by atoms with Gasteiger partial charge in [-0.05, 0) is 59.2 Å². The summed E-state index contributed by atoms with van der Waals surface area (Å²) in [5.41, 5.74) is 3.01. The number of anilines is 2. The standard InChI is InChI=1S/C24H24N2O4S/c1-14-5-10-17(13-19(14)23(29)30)25-21(28)18-11-12-31-22(18)26-20(27)15-6-8-16(9-7-15)24(2,3)4/h5-13H,1-4H3,(H,25,28)(H,26,27)(H,29,30). The Hall–Kier alpha value is -3.45. The van der Waals surface area contributed by atoms with Crippen molar-refractivity contribution < 1.29 is 19.5 Å². The van der Waals surface area contributed by atoms with E-state index in [4.69, 9.17) is 0 Å². The summed E-state index contributed by atoms with van der Waals surface area (Å²) >= 11 is 1.24. The largest absolute Gasteiger partial charge is 0.478 e. The number of amides is 2. The van der Waals surface area contributed by atoms with E-state index in [9.17, 15) is 19.5 Å². The minimum atomic E-state index is -1.06. The fourth-order valence-corrected chi connectivity index (χ4v) is 3.79. The molecule has 31 heavy (non-hydrogen) atoms. The van der Waals surface area contributed by atoms with Gasteiger partial charge in [0, 0.05) is 11.3 Å². The van der Waals surface area contributed by atoms with E-state index in [1.807, 2.05) is 12.1 Å². The van der Waals surface area contributed by atoms with Crippen molar-refractivity contribution >= 4 is 39.8 Å². The number of carboxylic acids is 1. The minimum absolute atomic E-state index is 0.00943. The van der Waals surface area contributed by atoms with E-state index in [1.165, 1.54) is 17.4 Å².